The summed E-state index contributed by atoms with van der Waals surface area (Å²) >= 11 is 0. The van der Waals surface area contributed by atoms with Crippen LogP contribution in [0.15, 0.2) is 0 Å². The molecule has 0 aromatic carbocycles. The lowest BCUT2D eigenvalue weighted by molar-refractivity contribution is -0.127. The van der Waals surface area contributed by atoms with Gasteiger partial charge in [-0.15, -0.1) is 6.42 Å². The summed E-state index contributed by atoms with van der Waals surface area (Å²) in [7, 11) is 0. The van der Waals surface area contributed by atoms with Gasteiger partial charge in [0.1, 0.15) is 0 Å². The molecule has 0 radical (unpaired) electrons. The van der Waals surface area contributed by atoms with E-state index in [9.17, 15) is 4.79 Å². The number of nitrogens with zero attached hydrogens (tertiary/aromatic N) is 1. The van der Waals surface area contributed by atoms with Crippen LogP contribution in [0.4, 0.5) is 0 Å². The number of hydrogen-bond donors (Lipinski definition) is 1. The van der Waals surface area contributed by atoms with Crippen molar-refractivity contribution in [2.24, 2.45) is 0 Å². The minimum absolute atomic E-state index is 0.178. The van der Waals surface area contributed by atoms with Crippen molar-refractivity contribution in [3.63, 3.8) is 0 Å². The fraction of sp³-hybridized carbons (Fsp3) is 0.750. The molecule has 0 bridgehead atoms. The Morgan fingerprint density at radius 2 is 2.33 bits per heavy atom. The second-order valence-corrected chi connectivity index (χ2v) is 4.34. The van der Waals surface area contributed by atoms with Crippen LogP contribution in [-0.2, 0) is 4.79 Å². The number of nitrogens with one attached hydrogen (secondary N) is 1. The zero-order chi connectivity index (χ0) is 11.3. The molecule has 1 N–H and O–H groups in total. The van der Waals surface area contributed by atoms with E-state index in [4.69, 9.17) is 6.42 Å². The topological polar surface area (TPSA) is 32.3 Å². The first-order valence-corrected chi connectivity index (χ1v) is 5.65. The summed E-state index contributed by atoms with van der Waals surface area (Å²) < 4.78 is 0. The highest BCUT2D eigenvalue weighted by molar-refractivity contribution is 5.93. The summed E-state index contributed by atoms with van der Waals surface area (Å²) in [5, 5.41) is 3.42. The van der Waals surface area contributed by atoms with E-state index < -0.39 is 0 Å². The maximum atomic E-state index is 11.5. The van der Waals surface area contributed by atoms with Crippen molar-refractivity contribution in [1.29, 1.82) is 0 Å². The summed E-state index contributed by atoms with van der Waals surface area (Å²) in [6.07, 6.45) is 8.78. The molecular formula is C12H20N2O. The summed E-state index contributed by atoms with van der Waals surface area (Å²) in [4.78, 5) is 13.3. The molecule has 1 rings (SSSR count). The van der Waals surface area contributed by atoms with Gasteiger partial charge in [-0.25, -0.2) is 0 Å². The van der Waals surface area contributed by atoms with E-state index in [2.05, 4.69) is 11.2 Å². The molecule has 1 unspecified atom stereocenters. The van der Waals surface area contributed by atoms with Gasteiger partial charge in [-0.3, -0.25) is 4.79 Å². The van der Waals surface area contributed by atoms with E-state index in [-0.39, 0.29) is 11.9 Å². The Bertz CT molecular complexity index is 249. The summed E-state index contributed by atoms with van der Waals surface area (Å²) in [5.41, 5.74) is 0. The van der Waals surface area contributed by atoms with Crippen LogP contribution in [-0.4, -0.2) is 36.0 Å². The second kappa shape index (κ2) is 5.77. The lowest BCUT2D eigenvalue weighted by atomic mass is 10.0. The number of carbonyl (C=O) groups is 1. The number of piperidine rings is 1. The third-order valence-corrected chi connectivity index (χ3v) is 2.84. The van der Waals surface area contributed by atoms with Crippen LogP contribution in [0.1, 0.15) is 33.1 Å². The quantitative estimate of drug-likeness (QED) is 0.702. The summed E-state index contributed by atoms with van der Waals surface area (Å²) in [6, 6.07) is 0.593. The molecule has 1 aliphatic heterocycles. The van der Waals surface area contributed by atoms with Crippen molar-refractivity contribution < 1.29 is 4.79 Å². The lowest BCUT2D eigenvalue weighted by Crippen LogP contribution is -2.47. The molecule has 0 aromatic rings. The fourth-order valence-electron chi connectivity index (χ4n) is 1.93. The van der Waals surface area contributed by atoms with Crippen molar-refractivity contribution in [1.82, 2.24) is 10.2 Å². The van der Waals surface area contributed by atoms with Gasteiger partial charge < -0.3 is 10.2 Å². The number of terminal acetylenes is 1. The van der Waals surface area contributed by atoms with Crippen molar-refractivity contribution in [2.75, 3.05) is 13.1 Å². The molecule has 1 heterocycles. The molecule has 1 amide bonds. The van der Waals surface area contributed by atoms with E-state index in [0.29, 0.717) is 6.04 Å². The van der Waals surface area contributed by atoms with Gasteiger partial charge in [-0.1, -0.05) is 6.42 Å². The average Bonchev–Trinajstić information content (AvgIpc) is 2.26. The molecule has 3 nitrogen and oxygen atoms in total. The minimum atomic E-state index is -0.197. The van der Waals surface area contributed by atoms with Gasteiger partial charge in [0.25, 0.3) is 5.91 Å². The standard InChI is InChI=1S/C12H20N2O/c1-4-12(15)14(10(2)3)9-11-7-5-6-8-13-11/h1,10-11,13H,5-9H2,2-3H3. The Labute approximate surface area is 92.2 Å². The molecule has 1 fully saturated rings. The normalized spacial score (nSPS) is 21.1. The van der Waals surface area contributed by atoms with Gasteiger partial charge >= 0.3 is 0 Å². The van der Waals surface area contributed by atoms with Crippen LogP contribution in [0.25, 0.3) is 0 Å². The molecule has 0 spiro atoms. The van der Waals surface area contributed by atoms with Crippen LogP contribution >= 0.6 is 0 Å². The Hall–Kier alpha value is -1.01. The average molecular weight is 208 g/mol. The van der Waals surface area contributed by atoms with Crippen molar-refractivity contribution in [3.8, 4) is 12.3 Å². The molecule has 15 heavy (non-hydrogen) atoms. The van der Waals surface area contributed by atoms with E-state index in [1.165, 1.54) is 12.8 Å². The van der Waals surface area contributed by atoms with Crippen LogP contribution in [0, 0.1) is 12.3 Å². The van der Waals surface area contributed by atoms with Crippen molar-refractivity contribution >= 4 is 5.91 Å². The predicted octanol–water partition coefficient (Wildman–Crippen LogP) is 0.999. The smallest absolute Gasteiger partial charge is 0.298 e. The van der Waals surface area contributed by atoms with Gasteiger partial charge in [0.2, 0.25) is 0 Å². The number of amides is 1. The first-order valence-electron chi connectivity index (χ1n) is 5.65. The van der Waals surface area contributed by atoms with E-state index in [0.717, 1.165) is 19.5 Å². The molecule has 3 heteroatoms. The molecule has 1 aliphatic rings. The maximum Gasteiger partial charge on any atom is 0.298 e. The van der Waals surface area contributed by atoms with Crippen molar-refractivity contribution in [2.45, 2.75) is 45.2 Å². The zero-order valence-electron chi connectivity index (χ0n) is 9.62. The Kier molecular flexibility index (Phi) is 4.64. The molecule has 1 atom stereocenters. The Morgan fingerprint density at radius 3 is 2.80 bits per heavy atom. The van der Waals surface area contributed by atoms with Crippen LogP contribution < -0.4 is 5.32 Å². The summed E-state index contributed by atoms with van der Waals surface area (Å²) in [6.45, 7) is 5.79. The molecule has 0 aliphatic carbocycles. The number of hydrogen-bond acceptors (Lipinski definition) is 2. The van der Waals surface area contributed by atoms with E-state index in [1.807, 2.05) is 13.8 Å². The van der Waals surface area contributed by atoms with Gasteiger partial charge in [-0.2, -0.15) is 0 Å². The minimum Gasteiger partial charge on any atom is -0.328 e. The largest absolute Gasteiger partial charge is 0.328 e. The van der Waals surface area contributed by atoms with Gasteiger partial charge in [-0.05, 0) is 39.2 Å². The highest BCUT2D eigenvalue weighted by Crippen LogP contribution is 2.10. The van der Waals surface area contributed by atoms with Crippen LogP contribution in [0.3, 0.4) is 0 Å². The monoisotopic (exact) mass is 208 g/mol. The number of rotatable bonds is 3. The highest BCUT2D eigenvalue weighted by atomic mass is 16.2. The SMILES string of the molecule is C#CC(=O)N(CC1CCCCN1)C(C)C. The predicted molar refractivity (Wildman–Crippen MR) is 61.3 cm³/mol. The second-order valence-electron chi connectivity index (χ2n) is 4.34. The van der Waals surface area contributed by atoms with Crippen LogP contribution in [0.5, 0.6) is 0 Å². The van der Waals surface area contributed by atoms with Crippen molar-refractivity contribution in [3.05, 3.63) is 0 Å². The van der Waals surface area contributed by atoms with Gasteiger partial charge in [0.15, 0.2) is 0 Å². The highest BCUT2D eigenvalue weighted by Gasteiger charge is 2.21. The molecule has 1 saturated heterocycles. The number of carbonyl (C=O) groups excluding carboxylic acids is 1. The Morgan fingerprint density at radius 1 is 1.60 bits per heavy atom. The third-order valence-electron chi connectivity index (χ3n) is 2.84. The Balaban J connectivity index is 2.50. The molecule has 0 saturated carbocycles. The fourth-order valence-corrected chi connectivity index (χ4v) is 1.93. The molecule has 0 aromatic heterocycles. The van der Waals surface area contributed by atoms with Gasteiger partial charge in [0.05, 0.1) is 0 Å². The first kappa shape index (κ1) is 12.1. The first-order chi connectivity index (χ1) is 7.15. The van der Waals surface area contributed by atoms with Gasteiger partial charge in [0, 0.05) is 18.6 Å². The lowest BCUT2D eigenvalue weighted by Gasteiger charge is -2.31. The zero-order valence-corrected chi connectivity index (χ0v) is 9.62. The van der Waals surface area contributed by atoms with E-state index in [1.54, 1.807) is 4.90 Å². The van der Waals surface area contributed by atoms with Crippen LogP contribution in [0.2, 0.25) is 0 Å². The molecule has 84 valence electrons. The third kappa shape index (κ3) is 3.56. The maximum absolute atomic E-state index is 11.5. The van der Waals surface area contributed by atoms with E-state index >= 15 is 0 Å². The molecular weight excluding hydrogens is 188 g/mol. The summed E-state index contributed by atoms with van der Waals surface area (Å²) in [5.74, 6) is 2.00.